The maximum absolute atomic E-state index is 15.5. The van der Waals surface area contributed by atoms with Crippen molar-refractivity contribution in [2.75, 3.05) is 11.9 Å². The van der Waals surface area contributed by atoms with Gasteiger partial charge >= 0.3 is 0 Å². The number of nitrogens with zero attached hydrogens (tertiary/aromatic N) is 4. The van der Waals surface area contributed by atoms with Crippen LogP contribution in [-0.2, 0) is 4.74 Å². The Bertz CT molecular complexity index is 818. The van der Waals surface area contributed by atoms with E-state index in [1.807, 2.05) is 0 Å². The fraction of sp³-hybridized carbons (Fsp3) is 0.722. The summed E-state index contributed by atoms with van der Waals surface area (Å²) < 4.78 is 22.6. The molecule has 1 aliphatic heterocycles. The van der Waals surface area contributed by atoms with Gasteiger partial charge in [0.25, 0.3) is 0 Å². The fourth-order valence-corrected chi connectivity index (χ4v) is 4.10. The zero-order valence-corrected chi connectivity index (χ0v) is 15.6. The van der Waals surface area contributed by atoms with Gasteiger partial charge in [-0.2, -0.15) is 0 Å². The van der Waals surface area contributed by atoms with Crippen molar-refractivity contribution in [3.63, 3.8) is 0 Å². The van der Waals surface area contributed by atoms with E-state index in [1.165, 1.54) is 50.3 Å². The van der Waals surface area contributed by atoms with Gasteiger partial charge in [0.15, 0.2) is 28.9 Å². The number of aromatic nitrogens is 4. The molecule has 0 bridgehead atoms. The molecule has 0 amide bonds. The van der Waals surface area contributed by atoms with E-state index in [4.69, 9.17) is 4.74 Å². The maximum atomic E-state index is 15.5. The summed E-state index contributed by atoms with van der Waals surface area (Å²) in [6.45, 7) is 2.11. The molecule has 148 valence electrons. The van der Waals surface area contributed by atoms with E-state index in [-0.39, 0.29) is 0 Å². The topological polar surface area (TPSA) is 105 Å². The van der Waals surface area contributed by atoms with Crippen LogP contribution < -0.4 is 5.32 Å². The molecule has 2 aromatic heterocycles. The van der Waals surface area contributed by atoms with Crippen LogP contribution in [0.5, 0.6) is 0 Å². The summed E-state index contributed by atoms with van der Waals surface area (Å²) in [5, 5.41) is 23.5. The van der Waals surface area contributed by atoms with Crippen molar-refractivity contribution in [1.82, 2.24) is 19.5 Å². The Labute approximate surface area is 156 Å². The minimum absolute atomic E-state index is 0.343. The van der Waals surface area contributed by atoms with Crippen molar-refractivity contribution in [3.8, 4) is 0 Å². The molecule has 2 fully saturated rings. The molecule has 0 unspecified atom stereocenters. The number of fused-ring (bicyclic) bond motifs is 1. The summed E-state index contributed by atoms with van der Waals surface area (Å²) in [5.41, 5.74) is -3.03. The molecule has 1 aliphatic carbocycles. The molecule has 3 heterocycles. The van der Waals surface area contributed by atoms with E-state index in [1.54, 1.807) is 0 Å². The average molecular weight is 379 g/mol. The number of aliphatic hydroxyl groups excluding tert-OH is 1. The number of alkyl halides is 1. The third kappa shape index (κ3) is 2.88. The highest BCUT2D eigenvalue weighted by molar-refractivity contribution is 5.82. The van der Waals surface area contributed by atoms with Crippen molar-refractivity contribution in [2.24, 2.45) is 0 Å². The number of aliphatic hydroxyl groups is 2. The Hall–Kier alpha value is -1.84. The zero-order valence-electron chi connectivity index (χ0n) is 15.6. The van der Waals surface area contributed by atoms with E-state index < -0.39 is 30.2 Å². The Morgan fingerprint density at radius 1 is 1.26 bits per heavy atom. The van der Waals surface area contributed by atoms with Gasteiger partial charge in [-0.15, -0.1) is 0 Å². The normalized spacial score (nSPS) is 35.0. The maximum Gasteiger partial charge on any atom is 0.183 e. The lowest BCUT2D eigenvalue weighted by Gasteiger charge is -2.32. The highest BCUT2D eigenvalue weighted by Gasteiger charge is 2.63. The van der Waals surface area contributed by atoms with Crippen LogP contribution in [0.25, 0.3) is 11.2 Å². The minimum Gasteiger partial charge on any atom is -0.394 e. The summed E-state index contributed by atoms with van der Waals surface area (Å²) in [4.78, 5) is 13.0. The smallest absolute Gasteiger partial charge is 0.183 e. The molecule has 0 aromatic carbocycles. The third-order valence-corrected chi connectivity index (χ3v) is 6.10. The molecular weight excluding hydrogens is 353 g/mol. The molecule has 1 saturated carbocycles. The zero-order chi connectivity index (χ0) is 19.2. The molecule has 4 rings (SSSR count). The number of anilines is 1. The number of hydrogen-bond donors (Lipinski definition) is 3. The number of nitrogens with one attached hydrogen (secondary N) is 1. The number of halogens is 1. The van der Waals surface area contributed by atoms with E-state index in [0.717, 1.165) is 12.8 Å². The number of imidazole rings is 1. The van der Waals surface area contributed by atoms with Gasteiger partial charge in [0, 0.05) is 6.04 Å². The van der Waals surface area contributed by atoms with Crippen LogP contribution in [-0.4, -0.2) is 59.8 Å². The molecule has 27 heavy (non-hydrogen) atoms. The standard InChI is InChI=1S/C18H26FN5O3/c1-17(19)16(27-12(8-25)18(17,2)26)24-10-22-13-14(20-9-21-15(13)24)23-11-6-4-3-5-7-11/h9-12,16,25-26H,3-8H2,1-2H3,(H,20,21,23)/t12-,16+,17+,18-/m1/s1. The minimum atomic E-state index is -2.14. The Balaban J connectivity index is 1.69. The van der Waals surface area contributed by atoms with Crippen LogP contribution in [0, 0.1) is 0 Å². The Kier molecular flexibility index (Phi) is 4.56. The number of hydrogen-bond acceptors (Lipinski definition) is 7. The highest BCUT2D eigenvalue weighted by Crippen LogP contribution is 2.48. The van der Waals surface area contributed by atoms with Crippen LogP contribution >= 0.6 is 0 Å². The summed E-state index contributed by atoms with van der Waals surface area (Å²) in [5.74, 6) is 0.620. The molecule has 9 heteroatoms. The van der Waals surface area contributed by atoms with E-state index in [0.29, 0.717) is 23.0 Å². The van der Waals surface area contributed by atoms with Gasteiger partial charge in [-0.05, 0) is 26.7 Å². The predicted octanol–water partition coefficient (Wildman–Crippen LogP) is 1.94. The molecule has 0 radical (unpaired) electrons. The molecule has 2 aliphatic rings. The van der Waals surface area contributed by atoms with Crippen LogP contribution in [0.4, 0.5) is 10.2 Å². The highest BCUT2D eigenvalue weighted by atomic mass is 19.1. The van der Waals surface area contributed by atoms with Crippen LogP contribution in [0.1, 0.15) is 52.2 Å². The quantitative estimate of drug-likeness (QED) is 0.745. The average Bonchev–Trinajstić information content (AvgIpc) is 3.14. The molecule has 2 aromatic rings. The monoisotopic (exact) mass is 379 g/mol. The first-order valence-electron chi connectivity index (χ1n) is 9.48. The van der Waals surface area contributed by atoms with Gasteiger partial charge in [-0.3, -0.25) is 4.57 Å². The lowest BCUT2D eigenvalue weighted by atomic mass is 9.85. The second kappa shape index (κ2) is 6.65. The summed E-state index contributed by atoms with van der Waals surface area (Å²) in [7, 11) is 0. The van der Waals surface area contributed by atoms with Gasteiger partial charge in [-0.25, -0.2) is 19.3 Å². The van der Waals surface area contributed by atoms with Gasteiger partial charge in [0.1, 0.15) is 18.0 Å². The van der Waals surface area contributed by atoms with Gasteiger partial charge in [0.2, 0.25) is 0 Å². The first kappa shape index (κ1) is 18.5. The van der Waals surface area contributed by atoms with Crippen molar-refractivity contribution in [3.05, 3.63) is 12.7 Å². The van der Waals surface area contributed by atoms with Gasteiger partial charge in [0.05, 0.1) is 12.9 Å². The van der Waals surface area contributed by atoms with Crippen molar-refractivity contribution < 1.29 is 19.3 Å². The van der Waals surface area contributed by atoms with E-state index >= 15 is 4.39 Å². The summed E-state index contributed by atoms with van der Waals surface area (Å²) >= 11 is 0. The molecule has 4 atom stereocenters. The van der Waals surface area contributed by atoms with Crippen LogP contribution in [0.15, 0.2) is 12.7 Å². The number of ether oxygens (including phenoxy) is 1. The Morgan fingerprint density at radius 2 is 2.00 bits per heavy atom. The summed E-state index contributed by atoms with van der Waals surface area (Å²) in [6, 6.07) is 0.343. The molecule has 1 saturated heterocycles. The first-order valence-corrected chi connectivity index (χ1v) is 9.48. The first-order chi connectivity index (χ1) is 12.9. The summed E-state index contributed by atoms with van der Waals surface area (Å²) in [6.07, 6.45) is 6.46. The Morgan fingerprint density at radius 3 is 2.67 bits per heavy atom. The molecule has 3 N–H and O–H groups in total. The third-order valence-electron chi connectivity index (χ3n) is 6.10. The molecular formula is C18H26FN5O3. The predicted molar refractivity (Wildman–Crippen MR) is 97.0 cm³/mol. The van der Waals surface area contributed by atoms with Gasteiger partial charge in [-0.1, -0.05) is 19.3 Å². The van der Waals surface area contributed by atoms with E-state index in [2.05, 4.69) is 20.3 Å². The largest absolute Gasteiger partial charge is 0.394 e. The van der Waals surface area contributed by atoms with Crippen molar-refractivity contribution >= 4 is 17.0 Å². The molecule has 8 nitrogen and oxygen atoms in total. The van der Waals surface area contributed by atoms with Crippen LogP contribution in [0.3, 0.4) is 0 Å². The second-order valence-electron chi connectivity index (χ2n) is 7.91. The van der Waals surface area contributed by atoms with Crippen molar-refractivity contribution in [2.45, 2.75) is 75.6 Å². The SMILES string of the molecule is C[C@]1(F)[C@@H](n2cnc3c(NC4CCCCC4)ncnc32)O[C@H](CO)[C@@]1(C)O. The van der Waals surface area contributed by atoms with E-state index in [9.17, 15) is 10.2 Å². The fourth-order valence-electron chi connectivity index (χ4n) is 4.10. The molecule has 0 spiro atoms. The number of rotatable bonds is 4. The second-order valence-corrected chi connectivity index (χ2v) is 7.91. The van der Waals surface area contributed by atoms with Crippen LogP contribution in [0.2, 0.25) is 0 Å². The lowest BCUT2D eigenvalue weighted by Crippen LogP contribution is -2.51. The van der Waals surface area contributed by atoms with Gasteiger partial charge < -0.3 is 20.3 Å². The lowest BCUT2D eigenvalue weighted by molar-refractivity contribution is -0.0891. The van der Waals surface area contributed by atoms with Crippen molar-refractivity contribution in [1.29, 1.82) is 0 Å².